The van der Waals surface area contributed by atoms with Gasteiger partial charge in [0.25, 0.3) is 0 Å². The van der Waals surface area contributed by atoms with Gasteiger partial charge in [0.15, 0.2) is 0 Å². The largest absolute Gasteiger partial charge is 0.355 e. The highest BCUT2D eigenvalue weighted by atomic mass is 35.5. The van der Waals surface area contributed by atoms with Crippen molar-refractivity contribution < 1.29 is 13.6 Å². The van der Waals surface area contributed by atoms with Gasteiger partial charge in [-0.3, -0.25) is 4.79 Å². The average molecular weight is 370 g/mol. The molecule has 0 aliphatic rings. The normalized spacial score (nSPS) is 11.4. The molecule has 2 aromatic rings. The molecular formula is C18H18ClF2NOS. The summed E-state index contributed by atoms with van der Waals surface area (Å²) in [6, 6.07) is 10.6. The van der Waals surface area contributed by atoms with Crippen molar-refractivity contribution in [2.75, 3.05) is 6.54 Å². The van der Waals surface area contributed by atoms with Gasteiger partial charge in [0, 0.05) is 16.5 Å². The second-order valence-electron chi connectivity index (χ2n) is 5.81. The first-order chi connectivity index (χ1) is 11.3. The Labute approximate surface area is 149 Å². The Bertz CT molecular complexity index is 719. The van der Waals surface area contributed by atoms with Crippen LogP contribution in [0.4, 0.5) is 8.78 Å². The molecule has 2 aromatic carbocycles. The number of carbonyl (C=O) groups excluding carboxylic acids is 1. The average Bonchev–Trinajstić information content (AvgIpc) is 2.52. The maximum atomic E-state index is 13.6. The summed E-state index contributed by atoms with van der Waals surface area (Å²) in [6.45, 7) is 3.86. The van der Waals surface area contributed by atoms with E-state index < -0.39 is 16.4 Å². The van der Waals surface area contributed by atoms with E-state index in [4.69, 9.17) is 11.6 Å². The smallest absolute Gasteiger partial charge is 0.236 e. The van der Waals surface area contributed by atoms with Crippen LogP contribution in [-0.2, 0) is 11.2 Å². The van der Waals surface area contributed by atoms with Crippen LogP contribution in [-0.4, -0.2) is 17.2 Å². The van der Waals surface area contributed by atoms with Crippen LogP contribution in [0.2, 0.25) is 5.02 Å². The first-order valence-corrected chi connectivity index (χ1v) is 8.64. The van der Waals surface area contributed by atoms with Gasteiger partial charge in [-0.15, -0.1) is 11.8 Å². The van der Waals surface area contributed by atoms with Gasteiger partial charge in [-0.05, 0) is 68.3 Å². The number of benzene rings is 2. The van der Waals surface area contributed by atoms with Crippen molar-refractivity contribution in [1.29, 1.82) is 0 Å². The lowest BCUT2D eigenvalue weighted by Crippen LogP contribution is -2.40. The predicted molar refractivity (Wildman–Crippen MR) is 94.5 cm³/mol. The number of hydrogen-bond donors (Lipinski definition) is 1. The van der Waals surface area contributed by atoms with Crippen LogP contribution >= 0.6 is 23.4 Å². The lowest BCUT2D eigenvalue weighted by Gasteiger charge is -2.23. The van der Waals surface area contributed by atoms with Gasteiger partial charge in [0.05, 0.1) is 4.75 Å². The minimum atomic E-state index is -0.700. The lowest BCUT2D eigenvalue weighted by molar-refractivity contribution is -0.122. The number of rotatable bonds is 6. The van der Waals surface area contributed by atoms with Crippen molar-refractivity contribution in [1.82, 2.24) is 5.32 Å². The maximum absolute atomic E-state index is 13.6. The fourth-order valence-corrected chi connectivity index (χ4v) is 3.25. The first-order valence-electron chi connectivity index (χ1n) is 7.45. The number of amides is 1. The van der Waals surface area contributed by atoms with Gasteiger partial charge in [0.1, 0.15) is 11.6 Å². The molecule has 0 saturated heterocycles. The Hall–Kier alpha value is -1.59. The quantitative estimate of drug-likeness (QED) is 0.737. The molecule has 6 heteroatoms. The third-order valence-corrected chi connectivity index (χ3v) is 4.88. The SMILES string of the molecule is CC(C)(Sc1ccc(Cl)cc1)C(=O)NCCc1cc(F)ccc1F. The van der Waals surface area contributed by atoms with E-state index in [0.29, 0.717) is 5.02 Å². The van der Waals surface area contributed by atoms with E-state index in [0.717, 1.165) is 23.1 Å². The molecule has 0 unspecified atom stereocenters. The summed E-state index contributed by atoms with van der Waals surface area (Å²) < 4.78 is 26.0. The van der Waals surface area contributed by atoms with Gasteiger partial charge < -0.3 is 5.32 Å². The molecule has 0 aliphatic heterocycles. The second kappa shape index (κ2) is 7.99. The number of hydrogen-bond acceptors (Lipinski definition) is 2. The molecule has 0 aromatic heterocycles. The number of nitrogens with one attached hydrogen (secondary N) is 1. The topological polar surface area (TPSA) is 29.1 Å². The Morgan fingerprint density at radius 3 is 2.50 bits per heavy atom. The van der Waals surface area contributed by atoms with Crippen LogP contribution in [0.25, 0.3) is 0 Å². The minimum absolute atomic E-state index is 0.167. The summed E-state index contributed by atoms with van der Waals surface area (Å²) >= 11 is 7.26. The molecule has 0 radical (unpaired) electrons. The number of halogens is 3. The van der Waals surface area contributed by atoms with Crippen LogP contribution in [0.5, 0.6) is 0 Å². The molecule has 0 atom stereocenters. The second-order valence-corrected chi connectivity index (χ2v) is 7.94. The molecule has 24 heavy (non-hydrogen) atoms. The molecule has 128 valence electrons. The van der Waals surface area contributed by atoms with Crippen LogP contribution in [0.3, 0.4) is 0 Å². The molecule has 1 N–H and O–H groups in total. The Kier molecular flexibility index (Phi) is 6.24. The van der Waals surface area contributed by atoms with Crippen molar-refractivity contribution in [3.05, 3.63) is 64.7 Å². The van der Waals surface area contributed by atoms with Crippen LogP contribution in [0, 0.1) is 11.6 Å². The molecule has 0 saturated carbocycles. The molecule has 2 nitrogen and oxygen atoms in total. The zero-order valence-electron chi connectivity index (χ0n) is 13.4. The summed E-state index contributed by atoms with van der Waals surface area (Å²) in [7, 11) is 0. The highest BCUT2D eigenvalue weighted by Crippen LogP contribution is 2.33. The lowest BCUT2D eigenvalue weighted by atomic mass is 10.1. The number of thioether (sulfide) groups is 1. The van der Waals surface area contributed by atoms with E-state index in [1.807, 2.05) is 26.0 Å². The molecule has 0 aliphatic carbocycles. The highest BCUT2D eigenvalue weighted by Gasteiger charge is 2.28. The van der Waals surface area contributed by atoms with E-state index in [9.17, 15) is 13.6 Å². The monoisotopic (exact) mass is 369 g/mol. The van der Waals surface area contributed by atoms with Gasteiger partial charge in [-0.1, -0.05) is 11.6 Å². The molecule has 0 heterocycles. The van der Waals surface area contributed by atoms with Gasteiger partial charge >= 0.3 is 0 Å². The molecule has 1 amide bonds. The van der Waals surface area contributed by atoms with E-state index in [1.54, 1.807) is 12.1 Å². The number of carbonyl (C=O) groups is 1. The summed E-state index contributed by atoms with van der Waals surface area (Å²) in [6.07, 6.45) is 0.233. The molecule has 0 fully saturated rings. The molecular weight excluding hydrogens is 352 g/mol. The van der Waals surface area contributed by atoms with Crippen LogP contribution in [0.15, 0.2) is 47.4 Å². The summed E-state index contributed by atoms with van der Waals surface area (Å²) in [5.41, 5.74) is 0.249. The summed E-state index contributed by atoms with van der Waals surface area (Å²) in [5.74, 6) is -1.13. The van der Waals surface area contributed by atoms with Gasteiger partial charge in [-0.2, -0.15) is 0 Å². The standard InChI is InChI=1S/C18H18ClF2NOS/c1-18(2,24-15-6-3-13(19)4-7-15)17(23)22-10-9-12-11-14(20)5-8-16(12)21/h3-8,11H,9-10H2,1-2H3,(H,22,23). The molecule has 0 spiro atoms. The van der Waals surface area contributed by atoms with Crippen molar-refractivity contribution in [2.24, 2.45) is 0 Å². The van der Waals surface area contributed by atoms with E-state index in [1.165, 1.54) is 11.8 Å². The Balaban J connectivity index is 1.90. The summed E-state index contributed by atoms with van der Waals surface area (Å²) in [4.78, 5) is 13.3. The van der Waals surface area contributed by atoms with Crippen molar-refractivity contribution in [3.63, 3.8) is 0 Å². The van der Waals surface area contributed by atoms with Gasteiger partial charge in [-0.25, -0.2) is 8.78 Å². The molecule has 0 bridgehead atoms. The third kappa shape index (κ3) is 5.21. The summed E-state index contributed by atoms with van der Waals surface area (Å²) in [5, 5.41) is 3.41. The zero-order chi connectivity index (χ0) is 17.7. The Morgan fingerprint density at radius 1 is 1.17 bits per heavy atom. The van der Waals surface area contributed by atoms with Crippen LogP contribution < -0.4 is 5.32 Å². The van der Waals surface area contributed by atoms with Crippen LogP contribution in [0.1, 0.15) is 19.4 Å². The fraction of sp³-hybridized carbons (Fsp3) is 0.278. The fourth-order valence-electron chi connectivity index (χ4n) is 2.10. The first kappa shape index (κ1) is 18.7. The Morgan fingerprint density at radius 2 is 1.83 bits per heavy atom. The van der Waals surface area contributed by atoms with E-state index in [2.05, 4.69) is 5.32 Å². The minimum Gasteiger partial charge on any atom is -0.355 e. The zero-order valence-corrected chi connectivity index (χ0v) is 15.0. The van der Waals surface area contributed by atoms with E-state index in [-0.39, 0.29) is 24.4 Å². The third-order valence-electron chi connectivity index (χ3n) is 3.42. The molecule has 2 rings (SSSR count). The maximum Gasteiger partial charge on any atom is 0.236 e. The van der Waals surface area contributed by atoms with Crippen molar-refractivity contribution in [2.45, 2.75) is 29.9 Å². The van der Waals surface area contributed by atoms with Crippen molar-refractivity contribution >= 4 is 29.3 Å². The predicted octanol–water partition coefficient (Wildman–Crippen LogP) is 4.85. The highest BCUT2D eigenvalue weighted by molar-refractivity contribution is 8.01. The van der Waals surface area contributed by atoms with E-state index >= 15 is 0 Å². The van der Waals surface area contributed by atoms with Crippen molar-refractivity contribution in [3.8, 4) is 0 Å². The van der Waals surface area contributed by atoms with Gasteiger partial charge in [0.2, 0.25) is 5.91 Å².